The summed E-state index contributed by atoms with van der Waals surface area (Å²) in [6.45, 7) is 7.17. The van der Waals surface area contributed by atoms with E-state index in [2.05, 4.69) is 5.10 Å². The molecule has 1 saturated heterocycles. The lowest BCUT2D eigenvalue weighted by molar-refractivity contribution is -0.0586. The first kappa shape index (κ1) is 14.8. The molecule has 0 bridgehead atoms. The Hall–Kier alpha value is -2.14. The topological polar surface area (TPSA) is 47.4 Å². The standard InChI is InChI=1S/C17H21N3O2/c1-12-10-19(11-13(2)22-12)17(21)16-9-18-20(14(16)3)15-7-5-4-6-8-15/h4-9,12-13H,10-11H2,1-3H3. The Bertz CT molecular complexity index is 656. The Morgan fingerprint density at radius 3 is 2.45 bits per heavy atom. The zero-order valence-corrected chi connectivity index (χ0v) is 13.2. The van der Waals surface area contributed by atoms with Crippen LogP contribution in [0.2, 0.25) is 0 Å². The van der Waals surface area contributed by atoms with E-state index in [-0.39, 0.29) is 18.1 Å². The van der Waals surface area contributed by atoms with E-state index in [0.717, 1.165) is 11.4 Å². The number of aromatic nitrogens is 2. The molecule has 0 radical (unpaired) electrons. The van der Waals surface area contributed by atoms with Gasteiger partial charge in [-0.3, -0.25) is 4.79 Å². The molecule has 3 rings (SSSR count). The average Bonchev–Trinajstić information content (AvgIpc) is 2.88. The van der Waals surface area contributed by atoms with Crippen LogP contribution < -0.4 is 0 Å². The molecule has 5 heteroatoms. The number of para-hydroxylation sites is 1. The first-order chi connectivity index (χ1) is 10.6. The molecule has 0 N–H and O–H groups in total. The predicted molar refractivity (Wildman–Crippen MR) is 84.2 cm³/mol. The third kappa shape index (κ3) is 2.76. The van der Waals surface area contributed by atoms with E-state index >= 15 is 0 Å². The maximum Gasteiger partial charge on any atom is 0.257 e. The second kappa shape index (κ2) is 5.93. The van der Waals surface area contributed by atoms with Crippen LogP contribution in [0.15, 0.2) is 36.5 Å². The van der Waals surface area contributed by atoms with Crippen LogP contribution >= 0.6 is 0 Å². The summed E-state index contributed by atoms with van der Waals surface area (Å²) >= 11 is 0. The minimum Gasteiger partial charge on any atom is -0.372 e. The van der Waals surface area contributed by atoms with Crippen LogP contribution in [0.25, 0.3) is 5.69 Å². The van der Waals surface area contributed by atoms with E-state index in [1.165, 1.54) is 0 Å². The third-order valence-electron chi connectivity index (χ3n) is 3.95. The summed E-state index contributed by atoms with van der Waals surface area (Å²) in [5, 5.41) is 4.38. The van der Waals surface area contributed by atoms with Gasteiger partial charge in [0.1, 0.15) is 0 Å². The van der Waals surface area contributed by atoms with E-state index in [4.69, 9.17) is 4.74 Å². The minimum atomic E-state index is 0.0293. The number of ether oxygens (including phenoxy) is 1. The Balaban J connectivity index is 1.86. The van der Waals surface area contributed by atoms with E-state index in [1.54, 1.807) is 10.9 Å². The van der Waals surface area contributed by atoms with Crippen LogP contribution in [0.4, 0.5) is 0 Å². The highest BCUT2D eigenvalue weighted by atomic mass is 16.5. The molecule has 1 aliphatic rings. The predicted octanol–water partition coefficient (Wildman–Crippen LogP) is 2.43. The molecule has 1 fully saturated rings. The highest BCUT2D eigenvalue weighted by molar-refractivity contribution is 5.95. The maximum absolute atomic E-state index is 12.8. The summed E-state index contributed by atoms with van der Waals surface area (Å²) < 4.78 is 7.50. The first-order valence-corrected chi connectivity index (χ1v) is 7.61. The SMILES string of the molecule is Cc1c(C(=O)N2CC(C)OC(C)C2)cnn1-c1ccccc1. The second-order valence-electron chi connectivity index (χ2n) is 5.86. The van der Waals surface area contributed by atoms with Gasteiger partial charge in [0.05, 0.1) is 35.3 Å². The van der Waals surface area contributed by atoms with Crippen LogP contribution in [-0.2, 0) is 4.74 Å². The van der Waals surface area contributed by atoms with Crippen molar-refractivity contribution in [1.29, 1.82) is 0 Å². The summed E-state index contributed by atoms with van der Waals surface area (Å²) in [6.07, 6.45) is 1.80. The fourth-order valence-electron chi connectivity index (χ4n) is 2.96. The van der Waals surface area contributed by atoms with Crippen molar-refractivity contribution in [3.05, 3.63) is 47.8 Å². The van der Waals surface area contributed by atoms with Crippen molar-refractivity contribution in [2.75, 3.05) is 13.1 Å². The monoisotopic (exact) mass is 299 g/mol. The molecule has 0 spiro atoms. The van der Waals surface area contributed by atoms with Gasteiger partial charge in [0, 0.05) is 13.1 Å². The van der Waals surface area contributed by atoms with Crippen molar-refractivity contribution in [2.45, 2.75) is 33.0 Å². The van der Waals surface area contributed by atoms with Gasteiger partial charge in [-0.05, 0) is 32.9 Å². The fourth-order valence-corrected chi connectivity index (χ4v) is 2.96. The minimum absolute atomic E-state index is 0.0293. The van der Waals surface area contributed by atoms with Crippen LogP contribution in [0.5, 0.6) is 0 Å². The molecule has 2 atom stereocenters. The van der Waals surface area contributed by atoms with Crippen LogP contribution in [-0.4, -0.2) is 45.9 Å². The number of morpholine rings is 1. The smallest absolute Gasteiger partial charge is 0.257 e. The fraction of sp³-hybridized carbons (Fsp3) is 0.412. The van der Waals surface area contributed by atoms with Crippen molar-refractivity contribution >= 4 is 5.91 Å². The molecule has 5 nitrogen and oxygen atoms in total. The summed E-state index contributed by atoms with van der Waals surface area (Å²) in [5.41, 5.74) is 2.48. The van der Waals surface area contributed by atoms with Gasteiger partial charge in [-0.2, -0.15) is 5.10 Å². The maximum atomic E-state index is 12.8. The summed E-state index contributed by atoms with van der Waals surface area (Å²) in [6, 6.07) is 9.84. The molecule has 116 valence electrons. The molecule has 1 aliphatic heterocycles. The van der Waals surface area contributed by atoms with Gasteiger partial charge >= 0.3 is 0 Å². The summed E-state index contributed by atoms with van der Waals surface area (Å²) in [4.78, 5) is 14.6. The van der Waals surface area contributed by atoms with Gasteiger partial charge in [0.15, 0.2) is 0 Å². The number of carbonyl (C=O) groups excluding carboxylic acids is 1. The number of rotatable bonds is 2. The van der Waals surface area contributed by atoms with Crippen LogP contribution in [0.1, 0.15) is 29.9 Å². The highest BCUT2D eigenvalue weighted by Crippen LogP contribution is 2.18. The Morgan fingerprint density at radius 1 is 1.18 bits per heavy atom. The zero-order valence-electron chi connectivity index (χ0n) is 13.2. The highest BCUT2D eigenvalue weighted by Gasteiger charge is 2.28. The Morgan fingerprint density at radius 2 is 1.82 bits per heavy atom. The quantitative estimate of drug-likeness (QED) is 0.855. The van der Waals surface area contributed by atoms with E-state index < -0.39 is 0 Å². The Labute approximate surface area is 130 Å². The molecule has 22 heavy (non-hydrogen) atoms. The first-order valence-electron chi connectivity index (χ1n) is 7.61. The van der Waals surface area contributed by atoms with Crippen molar-refractivity contribution in [1.82, 2.24) is 14.7 Å². The molecule has 2 unspecified atom stereocenters. The lowest BCUT2D eigenvalue weighted by Crippen LogP contribution is -2.48. The number of nitrogens with zero attached hydrogens (tertiary/aromatic N) is 3. The molecule has 2 aromatic rings. The Kier molecular flexibility index (Phi) is 3.98. The number of benzene rings is 1. The molecule has 1 aromatic carbocycles. The molecule has 0 saturated carbocycles. The van der Waals surface area contributed by atoms with Crippen molar-refractivity contribution < 1.29 is 9.53 Å². The lowest BCUT2D eigenvalue weighted by Gasteiger charge is -2.35. The van der Waals surface area contributed by atoms with Crippen molar-refractivity contribution in [3.8, 4) is 5.69 Å². The van der Waals surface area contributed by atoms with Gasteiger partial charge in [-0.1, -0.05) is 18.2 Å². The van der Waals surface area contributed by atoms with E-state index in [1.807, 2.05) is 56.0 Å². The van der Waals surface area contributed by atoms with Crippen molar-refractivity contribution in [2.24, 2.45) is 0 Å². The van der Waals surface area contributed by atoms with Crippen LogP contribution in [0, 0.1) is 6.92 Å². The molecule has 1 amide bonds. The summed E-state index contributed by atoms with van der Waals surface area (Å²) in [7, 11) is 0. The summed E-state index contributed by atoms with van der Waals surface area (Å²) in [5.74, 6) is 0.0293. The average molecular weight is 299 g/mol. The lowest BCUT2D eigenvalue weighted by atomic mass is 10.1. The number of hydrogen-bond donors (Lipinski definition) is 0. The van der Waals surface area contributed by atoms with Gasteiger partial charge in [-0.25, -0.2) is 4.68 Å². The van der Waals surface area contributed by atoms with E-state index in [0.29, 0.717) is 18.7 Å². The van der Waals surface area contributed by atoms with Crippen LogP contribution in [0.3, 0.4) is 0 Å². The largest absolute Gasteiger partial charge is 0.372 e. The molecule has 2 heterocycles. The molecule has 0 aliphatic carbocycles. The number of carbonyl (C=O) groups is 1. The van der Waals surface area contributed by atoms with Gasteiger partial charge in [0.25, 0.3) is 5.91 Å². The van der Waals surface area contributed by atoms with E-state index in [9.17, 15) is 4.79 Å². The van der Waals surface area contributed by atoms with Gasteiger partial charge < -0.3 is 9.64 Å². The van der Waals surface area contributed by atoms with Gasteiger partial charge in [0.2, 0.25) is 0 Å². The van der Waals surface area contributed by atoms with Gasteiger partial charge in [-0.15, -0.1) is 0 Å². The second-order valence-corrected chi connectivity index (χ2v) is 5.86. The normalized spacial score (nSPS) is 21.9. The molecular formula is C17H21N3O2. The number of amides is 1. The number of hydrogen-bond acceptors (Lipinski definition) is 3. The van der Waals surface area contributed by atoms with Crippen molar-refractivity contribution in [3.63, 3.8) is 0 Å². The zero-order chi connectivity index (χ0) is 15.7. The molecule has 1 aromatic heterocycles. The molecular weight excluding hydrogens is 278 g/mol. The third-order valence-corrected chi connectivity index (χ3v) is 3.95.